The molecule has 162 valence electrons. The number of anilines is 1. The normalized spacial score (nSPS) is 11.0. The first-order valence-electron chi connectivity index (χ1n) is 10.3. The fourth-order valence-corrected chi connectivity index (χ4v) is 3.57. The Morgan fingerprint density at radius 2 is 1.76 bits per heavy atom. The van der Waals surface area contributed by atoms with Crippen LogP contribution >= 0.6 is 0 Å². The van der Waals surface area contributed by atoms with Crippen molar-refractivity contribution < 1.29 is 9.18 Å². The third-order valence-corrected chi connectivity index (χ3v) is 5.09. The maximum absolute atomic E-state index is 13.1. The number of carbonyl (C=O) groups excluding carboxylic acids is 1. The molecule has 3 heterocycles. The molecule has 0 aliphatic rings. The number of aromatic nitrogens is 5. The first kappa shape index (κ1) is 20.4. The molecule has 0 saturated heterocycles. The third-order valence-electron chi connectivity index (χ3n) is 5.09. The zero-order valence-electron chi connectivity index (χ0n) is 17.7. The number of hydrogen-bond acceptors (Lipinski definition) is 5. The lowest BCUT2D eigenvalue weighted by atomic mass is 10.1. The van der Waals surface area contributed by atoms with Crippen LogP contribution in [-0.4, -0.2) is 30.6 Å². The van der Waals surface area contributed by atoms with Crippen molar-refractivity contribution in [2.45, 2.75) is 13.3 Å². The molecular formula is C25H19FN6O. The second-order valence-electron chi connectivity index (χ2n) is 7.56. The number of hydrogen-bond donors (Lipinski definition) is 1. The van der Waals surface area contributed by atoms with Crippen LogP contribution in [0.15, 0.2) is 79.1 Å². The van der Waals surface area contributed by atoms with Gasteiger partial charge in [-0.25, -0.2) is 14.1 Å². The molecule has 1 N–H and O–H groups in total. The highest BCUT2D eigenvalue weighted by atomic mass is 19.1. The summed E-state index contributed by atoms with van der Waals surface area (Å²) in [5, 5.41) is 7.44. The van der Waals surface area contributed by atoms with Crippen molar-refractivity contribution in [3.8, 4) is 17.1 Å². The second kappa shape index (κ2) is 8.58. The fraction of sp³-hybridized carbons (Fsp3) is 0.0800. The van der Waals surface area contributed by atoms with E-state index < -0.39 is 0 Å². The van der Waals surface area contributed by atoms with Gasteiger partial charge in [-0.15, -0.1) is 0 Å². The SMILES string of the molecule is Cc1cccc(-n2nc(CC(=O)Nc3ccc(F)cc3)cc2-c2ccc3nccnc3c2)n1. The van der Waals surface area contributed by atoms with Crippen molar-refractivity contribution in [2.75, 3.05) is 5.32 Å². The molecule has 7 nitrogen and oxygen atoms in total. The molecule has 0 aliphatic heterocycles. The molecule has 0 bridgehead atoms. The van der Waals surface area contributed by atoms with Crippen LogP contribution in [-0.2, 0) is 11.2 Å². The summed E-state index contributed by atoms with van der Waals surface area (Å²) in [7, 11) is 0. The lowest BCUT2D eigenvalue weighted by molar-refractivity contribution is -0.115. The number of halogens is 1. The standard InChI is InChI=1S/C25H19FN6O/c1-16-3-2-4-24(29-16)32-23(17-5-10-21-22(13-17)28-12-11-27-21)14-20(31-32)15-25(33)30-19-8-6-18(26)7-9-19/h2-14H,15H2,1H3,(H,30,33). The van der Waals surface area contributed by atoms with E-state index in [1.807, 2.05) is 49.4 Å². The van der Waals surface area contributed by atoms with E-state index in [0.29, 0.717) is 17.2 Å². The van der Waals surface area contributed by atoms with Gasteiger partial charge in [0.25, 0.3) is 0 Å². The van der Waals surface area contributed by atoms with Gasteiger partial charge in [0.15, 0.2) is 5.82 Å². The van der Waals surface area contributed by atoms with E-state index in [0.717, 1.165) is 28.0 Å². The maximum atomic E-state index is 13.1. The molecule has 0 fully saturated rings. The summed E-state index contributed by atoms with van der Waals surface area (Å²) < 4.78 is 14.9. The minimum Gasteiger partial charge on any atom is -0.326 e. The predicted octanol–water partition coefficient (Wildman–Crippen LogP) is 4.51. The fourth-order valence-electron chi connectivity index (χ4n) is 3.57. The largest absolute Gasteiger partial charge is 0.326 e. The van der Waals surface area contributed by atoms with Crippen LogP contribution in [0.4, 0.5) is 10.1 Å². The van der Waals surface area contributed by atoms with Crippen LogP contribution < -0.4 is 5.32 Å². The number of amides is 1. The van der Waals surface area contributed by atoms with Crippen molar-refractivity contribution in [3.63, 3.8) is 0 Å². The predicted molar refractivity (Wildman–Crippen MR) is 123 cm³/mol. The summed E-state index contributed by atoms with van der Waals surface area (Å²) in [4.78, 5) is 25.9. The molecule has 0 atom stereocenters. The summed E-state index contributed by atoms with van der Waals surface area (Å²) in [6.45, 7) is 1.91. The Balaban J connectivity index is 1.51. The van der Waals surface area contributed by atoms with Crippen molar-refractivity contribution in [1.82, 2.24) is 24.7 Å². The summed E-state index contributed by atoms with van der Waals surface area (Å²) in [6, 6.07) is 19.0. The van der Waals surface area contributed by atoms with Gasteiger partial charge in [-0.2, -0.15) is 5.10 Å². The Kier molecular flexibility index (Phi) is 5.32. The second-order valence-corrected chi connectivity index (χ2v) is 7.56. The van der Waals surface area contributed by atoms with Gasteiger partial charge in [0.05, 0.1) is 28.8 Å². The highest BCUT2D eigenvalue weighted by Gasteiger charge is 2.16. The van der Waals surface area contributed by atoms with Crippen molar-refractivity contribution in [2.24, 2.45) is 0 Å². The minimum atomic E-state index is -0.359. The van der Waals surface area contributed by atoms with Gasteiger partial charge in [0, 0.05) is 29.3 Å². The minimum absolute atomic E-state index is 0.0522. The first-order valence-corrected chi connectivity index (χ1v) is 10.3. The Morgan fingerprint density at radius 3 is 2.55 bits per heavy atom. The molecular weight excluding hydrogens is 419 g/mol. The van der Waals surface area contributed by atoms with E-state index in [9.17, 15) is 9.18 Å². The monoisotopic (exact) mass is 438 g/mol. The van der Waals surface area contributed by atoms with Crippen LogP contribution in [0.3, 0.4) is 0 Å². The highest BCUT2D eigenvalue weighted by molar-refractivity contribution is 5.92. The number of aryl methyl sites for hydroxylation is 1. The average molecular weight is 438 g/mol. The molecule has 5 aromatic rings. The summed E-state index contributed by atoms with van der Waals surface area (Å²) in [5.41, 5.74) is 5.17. The van der Waals surface area contributed by atoms with E-state index in [1.165, 1.54) is 24.3 Å². The zero-order chi connectivity index (χ0) is 22.8. The molecule has 0 radical (unpaired) electrons. The number of fused-ring (bicyclic) bond motifs is 1. The Bertz CT molecular complexity index is 1460. The molecule has 0 saturated carbocycles. The molecule has 0 spiro atoms. The number of benzene rings is 2. The number of nitrogens with zero attached hydrogens (tertiary/aromatic N) is 5. The lowest BCUT2D eigenvalue weighted by Crippen LogP contribution is -2.15. The maximum Gasteiger partial charge on any atom is 0.230 e. The van der Waals surface area contributed by atoms with Gasteiger partial charge >= 0.3 is 0 Å². The van der Waals surface area contributed by atoms with Gasteiger partial charge in [-0.1, -0.05) is 12.1 Å². The average Bonchev–Trinajstić information content (AvgIpc) is 3.24. The van der Waals surface area contributed by atoms with Crippen molar-refractivity contribution >= 4 is 22.6 Å². The van der Waals surface area contributed by atoms with E-state index in [4.69, 9.17) is 0 Å². The van der Waals surface area contributed by atoms with Gasteiger partial charge in [0.2, 0.25) is 5.91 Å². The first-order chi connectivity index (χ1) is 16.0. The van der Waals surface area contributed by atoms with Crippen LogP contribution in [0.2, 0.25) is 0 Å². The van der Waals surface area contributed by atoms with E-state index in [-0.39, 0.29) is 18.1 Å². The van der Waals surface area contributed by atoms with Crippen molar-refractivity contribution in [1.29, 1.82) is 0 Å². The molecule has 8 heteroatoms. The Hall–Kier alpha value is -4.46. The Morgan fingerprint density at radius 1 is 0.970 bits per heavy atom. The number of nitrogens with one attached hydrogen (secondary N) is 1. The smallest absolute Gasteiger partial charge is 0.230 e. The number of pyridine rings is 1. The summed E-state index contributed by atoms with van der Waals surface area (Å²) >= 11 is 0. The third kappa shape index (κ3) is 4.45. The van der Waals surface area contributed by atoms with Crippen LogP contribution in [0.5, 0.6) is 0 Å². The zero-order valence-corrected chi connectivity index (χ0v) is 17.7. The quantitative estimate of drug-likeness (QED) is 0.437. The summed E-state index contributed by atoms with van der Waals surface area (Å²) in [6.07, 6.45) is 3.36. The van der Waals surface area contributed by atoms with E-state index in [2.05, 4.69) is 25.4 Å². The molecule has 5 rings (SSSR count). The van der Waals surface area contributed by atoms with Gasteiger partial charge in [0.1, 0.15) is 5.82 Å². The molecule has 0 aliphatic carbocycles. The molecule has 2 aromatic carbocycles. The summed E-state index contributed by atoms with van der Waals surface area (Å²) in [5.74, 6) is 0.0379. The van der Waals surface area contributed by atoms with Crippen LogP contribution in [0.1, 0.15) is 11.4 Å². The van der Waals surface area contributed by atoms with Gasteiger partial charge in [-0.05, 0) is 61.5 Å². The van der Waals surface area contributed by atoms with E-state index >= 15 is 0 Å². The van der Waals surface area contributed by atoms with Crippen LogP contribution in [0.25, 0.3) is 28.1 Å². The van der Waals surface area contributed by atoms with Gasteiger partial charge in [-0.3, -0.25) is 14.8 Å². The highest BCUT2D eigenvalue weighted by Crippen LogP contribution is 2.26. The van der Waals surface area contributed by atoms with Crippen molar-refractivity contribution in [3.05, 3.63) is 96.3 Å². The molecule has 0 unspecified atom stereocenters. The van der Waals surface area contributed by atoms with Gasteiger partial charge < -0.3 is 5.32 Å². The molecule has 1 amide bonds. The number of carbonyl (C=O) groups is 1. The Labute approximate surface area is 189 Å². The van der Waals surface area contributed by atoms with E-state index in [1.54, 1.807) is 17.1 Å². The molecule has 3 aromatic heterocycles. The topological polar surface area (TPSA) is 85.6 Å². The molecule has 33 heavy (non-hydrogen) atoms. The van der Waals surface area contributed by atoms with Crippen LogP contribution in [0, 0.1) is 12.7 Å². The lowest BCUT2D eigenvalue weighted by Gasteiger charge is -2.08. The number of rotatable bonds is 5.